The number of nitrogens with one attached hydrogen (secondary N) is 1. The molecule has 3 rings (SSSR count). The lowest BCUT2D eigenvalue weighted by Crippen LogP contribution is -2.30. The van der Waals surface area contributed by atoms with E-state index in [0.717, 1.165) is 38.0 Å². The number of fused-ring (bicyclic) bond motifs is 2. The Morgan fingerprint density at radius 1 is 1.22 bits per heavy atom. The van der Waals surface area contributed by atoms with E-state index < -0.39 is 11.2 Å². The van der Waals surface area contributed by atoms with Crippen LogP contribution in [-0.4, -0.2) is 44.1 Å². The summed E-state index contributed by atoms with van der Waals surface area (Å²) >= 11 is 6.11. The summed E-state index contributed by atoms with van der Waals surface area (Å²) in [5.74, 6) is 0.314. The predicted molar refractivity (Wildman–Crippen MR) is 108 cm³/mol. The molecule has 1 atom stereocenters. The van der Waals surface area contributed by atoms with Crippen LogP contribution in [0.4, 0.5) is 0 Å². The predicted octanol–water partition coefficient (Wildman–Crippen LogP) is 2.92. The molecule has 0 radical (unpaired) electrons. The second kappa shape index (κ2) is 8.19. The van der Waals surface area contributed by atoms with E-state index in [9.17, 15) is 9.59 Å². The Kier molecular flexibility index (Phi) is 5.92. The minimum Gasteiger partial charge on any atom is -0.319 e. The van der Waals surface area contributed by atoms with Gasteiger partial charge in [-0.15, -0.1) is 0 Å². The maximum absolute atomic E-state index is 12.3. The minimum atomic E-state index is -0.660. The zero-order chi connectivity index (χ0) is 19.6. The van der Waals surface area contributed by atoms with Crippen molar-refractivity contribution in [2.24, 2.45) is 0 Å². The van der Waals surface area contributed by atoms with E-state index in [0.29, 0.717) is 16.4 Å². The van der Waals surface area contributed by atoms with E-state index in [1.807, 2.05) is 10.6 Å². The molecule has 8 heteroatoms. The lowest BCUT2D eigenvalue weighted by atomic mass is 10.1. The van der Waals surface area contributed by atoms with Crippen LogP contribution in [0.1, 0.15) is 39.7 Å². The number of halogens is 1. The van der Waals surface area contributed by atoms with E-state index in [1.54, 1.807) is 12.1 Å². The van der Waals surface area contributed by atoms with Crippen LogP contribution in [-0.2, 0) is 0 Å². The average Bonchev–Trinajstić information content (AvgIpc) is 2.63. The van der Waals surface area contributed by atoms with Crippen LogP contribution < -0.4 is 11.2 Å². The zero-order valence-electron chi connectivity index (χ0n) is 15.8. The first-order valence-corrected chi connectivity index (χ1v) is 9.66. The third-order valence-corrected chi connectivity index (χ3v) is 5.18. The van der Waals surface area contributed by atoms with Crippen molar-refractivity contribution >= 4 is 22.6 Å². The Morgan fingerprint density at radius 3 is 2.67 bits per heavy atom. The van der Waals surface area contributed by atoms with Gasteiger partial charge in [-0.05, 0) is 57.6 Å². The van der Waals surface area contributed by atoms with Crippen LogP contribution in [0.2, 0.25) is 5.02 Å². The number of benzene rings is 1. The van der Waals surface area contributed by atoms with E-state index in [1.165, 1.54) is 0 Å². The third-order valence-electron chi connectivity index (χ3n) is 4.94. The monoisotopic (exact) mass is 389 g/mol. The Balaban J connectivity index is 2.08. The molecule has 1 aromatic carbocycles. The van der Waals surface area contributed by atoms with Gasteiger partial charge in [0, 0.05) is 11.1 Å². The highest BCUT2D eigenvalue weighted by Gasteiger charge is 2.21. The van der Waals surface area contributed by atoms with E-state index in [2.05, 4.69) is 40.6 Å². The number of hydrogen-bond donors (Lipinski definition) is 1. The molecule has 0 aliphatic carbocycles. The van der Waals surface area contributed by atoms with Crippen molar-refractivity contribution in [3.8, 4) is 11.5 Å². The maximum Gasteiger partial charge on any atom is 0.349 e. The fourth-order valence-electron chi connectivity index (χ4n) is 3.45. The minimum absolute atomic E-state index is 0.0448. The largest absolute Gasteiger partial charge is 0.349 e. The first-order valence-electron chi connectivity index (χ1n) is 9.28. The number of H-pyrrole nitrogens is 1. The smallest absolute Gasteiger partial charge is 0.319 e. The van der Waals surface area contributed by atoms with Crippen molar-refractivity contribution in [3.05, 3.63) is 44.1 Å². The molecule has 0 aromatic heterocycles. The SMILES string of the molecule is CCN(CC)CCCC(C)n1c2nc(=O)[nH]c(=O)c-2nc2cc(Cl)ccc21. The number of hydrogen-bond acceptors (Lipinski definition) is 5. The van der Waals surface area contributed by atoms with Crippen LogP contribution in [0.15, 0.2) is 27.8 Å². The number of aromatic nitrogens is 4. The van der Waals surface area contributed by atoms with Gasteiger partial charge >= 0.3 is 5.69 Å². The molecule has 0 fully saturated rings. The summed E-state index contributed by atoms with van der Waals surface area (Å²) < 4.78 is 1.94. The molecular weight excluding hydrogens is 366 g/mol. The van der Waals surface area contributed by atoms with Crippen molar-refractivity contribution in [1.29, 1.82) is 0 Å². The second-order valence-electron chi connectivity index (χ2n) is 6.68. The molecular formula is C19H24ClN5O2. The van der Waals surface area contributed by atoms with Crippen LogP contribution in [0.5, 0.6) is 0 Å². The third kappa shape index (κ3) is 4.04. The lowest BCUT2D eigenvalue weighted by Gasteiger charge is -2.24. The normalized spacial score (nSPS) is 12.9. The van der Waals surface area contributed by atoms with Gasteiger partial charge in [-0.3, -0.25) is 9.78 Å². The van der Waals surface area contributed by atoms with Gasteiger partial charge in [0.25, 0.3) is 5.56 Å². The van der Waals surface area contributed by atoms with E-state index in [-0.39, 0.29) is 11.7 Å². The highest BCUT2D eigenvalue weighted by atomic mass is 35.5. The molecule has 0 spiro atoms. The van der Waals surface area contributed by atoms with Gasteiger partial charge in [-0.2, -0.15) is 4.98 Å². The fraction of sp³-hybridized carbons (Fsp3) is 0.474. The molecule has 27 heavy (non-hydrogen) atoms. The highest BCUT2D eigenvalue weighted by Crippen LogP contribution is 2.28. The second-order valence-corrected chi connectivity index (χ2v) is 7.11. The number of nitrogens with zero attached hydrogens (tertiary/aromatic N) is 4. The van der Waals surface area contributed by atoms with E-state index >= 15 is 0 Å². The summed E-state index contributed by atoms with van der Waals surface area (Å²) in [4.78, 5) is 37.1. The summed E-state index contributed by atoms with van der Waals surface area (Å²) in [5.41, 5.74) is 0.374. The maximum atomic E-state index is 12.3. The van der Waals surface area contributed by atoms with Gasteiger partial charge < -0.3 is 9.47 Å². The fourth-order valence-corrected chi connectivity index (χ4v) is 3.62. The van der Waals surface area contributed by atoms with Gasteiger partial charge in [0.15, 0.2) is 11.5 Å². The highest BCUT2D eigenvalue weighted by molar-refractivity contribution is 6.31. The zero-order valence-corrected chi connectivity index (χ0v) is 16.6. The first-order chi connectivity index (χ1) is 12.9. The van der Waals surface area contributed by atoms with Crippen LogP contribution in [0, 0.1) is 0 Å². The molecule has 2 aliphatic rings. The summed E-state index contributed by atoms with van der Waals surface area (Å²) in [5, 5.41) is 0.542. The summed E-state index contributed by atoms with van der Waals surface area (Å²) in [7, 11) is 0. The van der Waals surface area contributed by atoms with Gasteiger partial charge in [0.2, 0.25) is 0 Å². The summed E-state index contributed by atoms with van der Waals surface area (Å²) in [6.45, 7) is 9.43. The van der Waals surface area contributed by atoms with Crippen molar-refractivity contribution in [2.75, 3.05) is 19.6 Å². The molecule has 2 aliphatic heterocycles. The van der Waals surface area contributed by atoms with Gasteiger partial charge in [-0.25, -0.2) is 9.78 Å². The first kappa shape index (κ1) is 19.5. The molecule has 7 nitrogen and oxygen atoms in total. The van der Waals surface area contributed by atoms with Gasteiger partial charge in [0.1, 0.15) is 0 Å². The van der Waals surface area contributed by atoms with Crippen LogP contribution in [0.25, 0.3) is 22.6 Å². The summed E-state index contributed by atoms with van der Waals surface area (Å²) in [6.07, 6.45) is 1.89. The van der Waals surface area contributed by atoms with E-state index in [4.69, 9.17) is 11.6 Å². The molecule has 0 bridgehead atoms. The molecule has 0 saturated carbocycles. The Morgan fingerprint density at radius 2 is 1.96 bits per heavy atom. The van der Waals surface area contributed by atoms with Crippen LogP contribution >= 0.6 is 11.6 Å². The number of aromatic amines is 1. The van der Waals surface area contributed by atoms with Gasteiger partial charge in [-0.1, -0.05) is 25.4 Å². The lowest BCUT2D eigenvalue weighted by molar-refractivity contribution is 0.289. The van der Waals surface area contributed by atoms with Crippen LogP contribution in [0.3, 0.4) is 0 Å². The topological polar surface area (TPSA) is 83.9 Å². The Hall–Kier alpha value is -2.25. The standard InChI is InChI=1S/C19H24ClN5O2/c1-4-24(5-2)10-6-7-12(3)25-15-9-8-13(20)11-14(15)21-16-17(25)22-19(27)23-18(16)26/h8-9,11-12H,4-7,10H2,1-3H3,(H,23,26,27). The van der Waals surface area contributed by atoms with Crippen molar-refractivity contribution in [1.82, 2.24) is 24.4 Å². The van der Waals surface area contributed by atoms with Crippen molar-refractivity contribution < 1.29 is 0 Å². The molecule has 0 amide bonds. The molecule has 144 valence electrons. The molecule has 2 heterocycles. The Bertz CT molecular complexity index is 1020. The Labute approximate surface area is 162 Å². The summed E-state index contributed by atoms with van der Waals surface area (Å²) in [6, 6.07) is 5.41. The molecule has 1 unspecified atom stereocenters. The quantitative estimate of drug-likeness (QED) is 0.628. The molecule has 1 N–H and O–H groups in total. The van der Waals surface area contributed by atoms with Gasteiger partial charge in [0.05, 0.1) is 11.0 Å². The number of rotatable bonds is 7. The van der Waals surface area contributed by atoms with Crippen molar-refractivity contribution in [3.63, 3.8) is 0 Å². The van der Waals surface area contributed by atoms with Crippen molar-refractivity contribution in [2.45, 2.75) is 39.7 Å². The molecule has 1 aromatic rings. The molecule has 0 saturated heterocycles. The average molecular weight is 390 g/mol.